The fraction of sp³-hybridized carbons (Fsp3) is 0.105. The second kappa shape index (κ2) is 6.97. The maximum Gasteiger partial charge on any atom is 0.264 e. The Morgan fingerprint density at radius 2 is 2.04 bits per heavy atom. The van der Waals surface area contributed by atoms with Crippen molar-refractivity contribution in [3.8, 4) is 17.0 Å². The Labute approximate surface area is 154 Å². The van der Waals surface area contributed by atoms with Gasteiger partial charge in [0.15, 0.2) is 6.61 Å². The molecule has 2 aromatic carbocycles. The van der Waals surface area contributed by atoms with Gasteiger partial charge in [-0.1, -0.05) is 42.5 Å². The summed E-state index contributed by atoms with van der Waals surface area (Å²) in [5, 5.41) is 9.06. The Balaban J connectivity index is 1.46. The second-order valence-corrected chi connectivity index (χ2v) is 6.61. The molecule has 0 spiro atoms. The van der Waals surface area contributed by atoms with Crippen LogP contribution in [-0.4, -0.2) is 27.1 Å². The third kappa shape index (κ3) is 3.43. The number of nitrogens with one attached hydrogen (secondary N) is 1. The number of carbonyl (C=O) groups is 1. The molecule has 0 aliphatic rings. The Kier molecular flexibility index (Phi) is 4.37. The van der Waals surface area contributed by atoms with E-state index in [1.807, 2.05) is 66.9 Å². The third-order valence-corrected chi connectivity index (χ3v) is 4.58. The van der Waals surface area contributed by atoms with Crippen molar-refractivity contribution in [2.45, 2.75) is 6.92 Å². The van der Waals surface area contributed by atoms with Crippen molar-refractivity contribution in [3.63, 3.8) is 0 Å². The van der Waals surface area contributed by atoms with Gasteiger partial charge in [-0.25, -0.2) is 4.52 Å². The largest absolute Gasteiger partial charge is 0.484 e. The molecule has 0 atom stereocenters. The van der Waals surface area contributed by atoms with Crippen molar-refractivity contribution in [1.82, 2.24) is 14.6 Å². The molecular weight excluding hydrogens is 348 g/mol. The minimum atomic E-state index is -0.300. The van der Waals surface area contributed by atoms with Crippen molar-refractivity contribution < 1.29 is 9.53 Å². The Bertz CT molecular complexity index is 1060. The van der Waals surface area contributed by atoms with E-state index in [-0.39, 0.29) is 18.5 Å². The van der Waals surface area contributed by atoms with E-state index in [1.165, 1.54) is 11.3 Å². The monoisotopic (exact) mass is 364 g/mol. The summed E-state index contributed by atoms with van der Waals surface area (Å²) in [7, 11) is 0. The summed E-state index contributed by atoms with van der Waals surface area (Å²) >= 11 is 1.48. The first-order chi connectivity index (χ1) is 12.7. The summed E-state index contributed by atoms with van der Waals surface area (Å²) in [6, 6.07) is 17.5. The van der Waals surface area contributed by atoms with E-state index in [0.29, 0.717) is 5.75 Å². The maximum absolute atomic E-state index is 12.1. The average molecular weight is 364 g/mol. The van der Waals surface area contributed by atoms with Crippen molar-refractivity contribution in [2.24, 2.45) is 0 Å². The van der Waals surface area contributed by atoms with Crippen LogP contribution in [0.2, 0.25) is 0 Å². The number of aromatic nitrogens is 3. The first-order valence-electron chi connectivity index (χ1n) is 8.08. The summed E-state index contributed by atoms with van der Waals surface area (Å²) in [5.41, 5.74) is 3.06. The molecule has 0 aliphatic carbocycles. The number of rotatable bonds is 5. The number of fused-ring (bicyclic) bond motifs is 1. The minimum Gasteiger partial charge on any atom is -0.484 e. The lowest BCUT2D eigenvalue weighted by molar-refractivity contribution is -0.118. The van der Waals surface area contributed by atoms with E-state index in [0.717, 1.165) is 21.8 Å². The minimum absolute atomic E-state index is 0.0954. The van der Waals surface area contributed by atoms with Gasteiger partial charge in [0, 0.05) is 10.9 Å². The van der Waals surface area contributed by atoms with Gasteiger partial charge in [-0.05, 0) is 24.6 Å². The number of benzene rings is 2. The Morgan fingerprint density at radius 3 is 2.85 bits per heavy atom. The van der Waals surface area contributed by atoms with Crippen molar-refractivity contribution in [1.29, 1.82) is 0 Å². The molecule has 0 fully saturated rings. The van der Waals surface area contributed by atoms with Crippen LogP contribution in [-0.2, 0) is 4.79 Å². The van der Waals surface area contributed by atoms with Crippen LogP contribution in [0, 0.1) is 6.92 Å². The molecule has 7 heteroatoms. The van der Waals surface area contributed by atoms with E-state index in [4.69, 9.17) is 4.74 Å². The molecule has 4 aromatic rings. The molecule has 2 heterocycles. The zero-order valence-corrected chi connectivity index (χ0v) is 14.9. The zero-order chi connectivity index (χ0) is 17.9. The zero-order valence-electron chi connectivity index (χ0n) is 14.0. The van der Waals surface area contributed by atoms with Crippen LogP contribution in [0.5, 0.6) is 5.75 Å². The normalized spacial score (nSPS) is 10.8. The average Bonchev–Trinajstić information content (AvgIpc) is 3.21. The topological polar surface area (TPSA) is 68.5 Å². The summed E-state index contributed by atoms with van der Waals surface area (Å²) in [4.78, 5) is 17.2. The molecular formula is C19H16N4O2S. The van der Waals surface area contributed by atoms with Gasteiger partial charge in [0.1, 0.15) is 5.75 Å². The van der Waals surface area contributed by atoms with Gasteiger partial charge in [-0.15, -0.1) is 16.4 Å². The molecule has 0 saturated carbocycles. The molecule has 4 rings (SSSR count). The van der Waals surface area contributed by atoms with Gasteiger partial charge in [0.25, 0.3) is 11.9 Å². The van der Waals surface area contributed by atoms with Gasteiger partial charge in [0.2, 0.25) is 4.96 Å². The van der Waals surface area contributed by atoms with Crippen LogP contribution in [0.15, 0.2) is 60.0 Å². The number of amides is 1. The smallest absolute Gasteiger partial charge is 0.264 e. The summed E-state index contributed by atoms with van der Waals surface area (Å²) in [5.74, 6) is 0.628. The lowest BCUT2D eigenvalue weighted by Gasteiger charge is -2.06. The van der Waals surface area contributed by atoms with Crippen molar-refractivity contribution in [3.05, 3.63) is 65.5 Å². The predicted molar refractivity (Wildman–Crippen MR) is 102 cm³/mol. The van der Waals surface area contributed by atoms with Crippen LogP contribution < -0.4 is 10.1 Å². The quantitative estimate of drug-likeness (QED) is 0.585. The molecule has 0 unspecified atom stereocenters. The van der Waals surface area contributed by atoms with E-state index in [9.17, 15) is 4.79 Å². The van der Waals surface area contributed by atoms with Crippen molar-refractivity contribution >= 4 is 28.2 Å². The lowest BCUT2D eigenvalue weighted by Crippen LogP contribution is -2.21. The van der Waals surface area contributed by atoms with E-state index in [1.54, 1.807) is 4.52 Å². The third-order valence-electron chi connectivity index (χ3n) is 3.76. The lowest BCUT2D eigenvalue weighted by atomic mass is 10.2. The highest BCUT2D eigenvalue weighted by molar-refractivity contribution is 7.15. The predicted octanol–water partition coefficient (Wildman–Crippen LogP) is 3.78. The van der Waals surface area contributed by atoms with E-state index < -0.39 is 0 Å². The number of aryl methyl sites for hydroxylation is 1. The molecule has 6 nitrogen and oxygen atoms in total. The van der Waals surface area contributed by atoms with Gasteiger partial charge in [-0.2, -0.15) is 4.98 Å². The molecule has 26 heavy (non-hydrogen) atoms. The van der Waals surface area contributed by atoms with Crippen LogP contribution in [0.3, 0.4) is 0 Å². The van der Waals surface area contributed by atoms with Crippen LogP contribution >= 0.6 is 11.3 Å². The van der Waals surface area contributed by atoms with Crippen LogP contribution in [0.1, 0.15) is 5.56 Å². The number of hydrogen-bond acceptors (Lipinski definition) is 5. The standard InChI is InChI=1S/C19H16N4O2S/c1-13-6-5-9-15(10-13)25-11-17(24)20-18-21-19-23(22-18)16(12-26-19)14-7-3-2-4-8-14/h2-10,12H,11H2,1H3,(H,20,22,24). The molecule has 2 aromatic heterocycles. The number of ether oxygens (including phenoxy) is 1. The van der Waals surface area contributed by atoms with Gasteiger partial charge in [-0.3, -0.25) is 10.1 Å². The van der Waals surface area contributed by atoms with Gasteiger partial charge in [0.05, 0.1) is 5.69 Å². The van der Waals surface area contributed by atoms with Crippen LogP contribution in [0.25, 0.3) is 16.2 Å². The van der Waals surface area contributed by atoms with E-state index >= 15 is 0 Å². The van der Waals surface area contributed by atoms with Crippen molar-refractivity contribution in [2.75, 3.05) is 11.9 Å². The number of thiazole rings is 1. The molecule has 0 bridgehead atoms. The molecule has 0 aliphatic heterocycles. The van der Waals surface area contributed by atoms with Gasteiger partial charge < -0.3 is 4.74 Å². The molecule has 1 N–H and O–H groups in total. The number of carbonyl (C=O) groups excluding carboxylic acids is 1. The first-order valence-corrected chi connectivity index (χ1v) is 8.96. The summed E-state index contributed by atoms with van der Waals surface area (Å²) < 4.78 is 7.23. The summed E-state index contributed by atoms with van der Waals surface area (Å²) in [6.07, 6.45) is 0. The highest BCUT2D eigenvalue weighted by Crippen LogP contribution is 2.25. The Hall–Kier alpha value is -3.19. The summed E-state index contributed by atoms with van der Waals surface area (Å²) in [6.45, 7) is 1.88. The van der Waals surface area contributed by atoms with Gasteiger partial charge >= 0.3 is 0 Å². The highest BCUT2D eigenvalue weighted by Gasteiger charge is 2.13. The maximum atomic E-state index is 12.1. The Morgan fingerprint density at radius 1 is 1.19 bits per heavy atom. The molecule has 0 radical (unpaired) electrons. The fourth-order valence-electron chi connectivity index (χ4n) is 2.56. The second-order valence-electron chi connectivity index (χ2n) is 5.77. The fourth-order valence-corrected chi connectivity index (χ4v) is 3.39. The number of anilines is 1. The number of nitrogens with zero attached hydrogens (tertiary/aromatic N) is 3. The SMILES string of the molecule is Cc1cccc(OCC(=O)Nc2nc3scc(-c4ccccc4)n3n2)c1. The molecule has 1 amide bonds. The molecule has 130 valence electrons. The van der Waals surface area contributed by atoms with E-state index in [2.05, 4.69) is 15.4 Å². The van der Waals surface area contributed by atoms with Crippen LogP contribution in [0.4, 0.5) is 5.95 Å². The first kappa shape index (κ1) is 16.3. The highest BCUT2D eigenvalue weighted by atomic mass is 32.1. The number of hydrogen-bond donors (Lipinski definition) is 1. The molecule has 0 saturated heterocycles.